The average Bonchev–Trinajstić information content (AvgIpc) is 1.94. The highest BCUT2D eigenvalue weighted by atomic mass is 15.0. The third-order valence-electron chi connectivity index (χ3n) is 2.20. The highest BCUT2D eigenvalue weighted by molar-refractivity contribution is 4.79. The Bertz CT molecular complexity index is 145. The molecule has 0 aliphatic heterocycles. The molecule has 2 heteroatoms. The van der Waals surface area contributed by atoms with Gasteiger partial charge in [0.25, 0.3) is 0 Å². The van der Waals surface area contributed by atoms with Crippen molar-refractivity contribution in [3.8, 4) is 0 Å². The van der Waals surface area contributed by atoms with Crippen LogP contribution in [0.2, 0.25) is 0 Å². The molecule has 0 amide bonds. The maximum atomic E-state index is 3.59. The quantitative estimate of drug-likeness (QED) is 0.712. The normalized spacial score (nSPS) is 15.2. The molecule has 86 valence electrons. The van der Waals surface area contributed by atoms with Crippen LogP contribution < -0.4 is 10.6 Å². The summed E-state index contributed by atoms with van der Waals surface area (Å²) in [7, 11) is 0. The van der Waals surface area contributed by atoms with Gasteiger partial charge in [-0.1, -0.05) is 27.7 Å². The molecule has 0 heterocycles. The van der Waals surface area contributed by atoms with E-state index in [1.165, 1.54) is 0 Å². The zero-order chi connectivity index (χ0) is 11.4. The summed E-state index contributed by atoms with van der Waals surface area (Å²) in [5, 5.41) is 7.14. The highest BCUT2D eigenvalue weighted by Crippen LogP contribution is 2.05. The summed E-state index contributed by atoms with van der Waals surface area (Å²) in [5.74, 6) is 0.673. The second-order valence-corrected chi connectivity index (χ2v) is 5.80. The summed E-state index contributed by atoms with van der Waals surface area (Å²) in [6.07, 6.45) is 0. The Kier molecular flexibility index (Phi) is 5.68. The van der Waals surface area contributed by atoms with E-state index in [0.717, 1.165) is 6.54 Å². The van der Waals surface area contributed by atoms with E-state index in [9.17, 15) is 0 Å². The largest absolute Gasteiger partial charge is 0.311 e. The van der Waals surface area contributed by atoms with Crippen LogP contribution in [0.3, 0.4) is 0 Å². The van der Waals surface area contributed by atoms with Crippen molar-refractivity contribution in [3.05, 3.63) is 0 Å². The summed E-state index contributed by atoms with van der Waals surface area (Å²) in [5.41, 5.74) is 0.214. The van der Waals surface area contributed by atoms with Gasteiger partial charge in [-0.3, -0.25) is 0 Å². The van der Waals surface area contributed by atoms with Crippen molar-refractivity contribution in [2.75, 3.05) is 6.54 Å². The van der Waals surface area contributed by atoms with E-state index in [2.05, 4.69) is 59.1 Å². The first-order valence-corrected chi connectivity index (χ1v) is 5.73. The minimum absolute atomic E-state index is 0.214. The van der Waals surface area contributed by atoms with Crippen molar-refractivity contribution in [3.63, 3.8) is 0 Å². The molecule has 2 nitrogen and oxygen atoms in total. The topological polar surface area (TPSA) is 24.1 Å². The lowest BCUT2D eigenvalue weighted by Crippen LogP contribution is -2.49. The number of hydrogen-bond donors (Lipinski definition) is 2. The van der Waals surface area contributed by atoms with E-state index >= 15 is 0 Å². The molecule has 0 aromatic rings. The van der Waals surface area contributed by atoms with Crippen LogP contribution in [0.4, 0.5) is 0 Å². The minimum atomic E-state index is 0.214. The molecule has 0 bridgehead atoms. The molecule has 0 saturated carbocycles. The maximum absolute atomic E-state index is 3.59. The first-order valence-electron chi connectivity index (χ1n) is 5.73. The molecule has 0 fully saturated rings. The van der Waals surface area contributed by atoms with Gasteiger partial charge in [0.15, 0.2) is 0 Å². The Morgan fingerprint density at radius 1 is 1.00 bits per heavy atom. The fourth-order valence-corrected chi connectivity index (χ4v) is 1.33. The zero-order valence-corrected chi connectivity index (χ0v) is 10.9. The second-order valence-electron chi connectivity index (χ2n) is 5.80. The number of nitrogens with one attached hydrogen (secondary N) is 2. The molecule has 0 radical (unpaired) electrons. The van der Waals surface area contributed by atoms with Gasteiger partial charge in [-0.05, 0) is 26.7 Å². The van der Waals surface area contributed by atoms with Crippen LogP contribution in [-0.2, 0) is 0 Å². The predicted molar refractivity (Wildman–Crippen MR) is 64.7 cm³/mol. The highest BCUT2D eigenvalue weighted by Gasteiger charge is 2.17. The second kappa shape index (κ2) is 5.72. The van der Waals surface area contributed by atoms with Crippen molar-refractivity contribution in [2.45, 2.75) is 66.1 Å². The monoisotopic (exact) mass is 200 g/mol. The van der Waals surface area contributed by atoms with Gasteiger partial charge < -0.3 is 10.6 Å². The lowest BCUT2D eigenvalue weighted by atomic mass is 10.0. The van der Waals surface area contributed by atoms with Crippen LogP contribution in [0.25, 0.3) is 0 Å². The molecule has 0 saturated heterocycles. The lowest BCUT2D eigenvalue weighted by Gasteiger charge is -2.29. The van der Waals surface area contributed by atoms with Crippen LogP contribution in [0, 0.1) is 5.92 Å². The van der Waals surface area contributed by atoms with E-state index in [1.54, 1.807) is 0 Å². The Morgan fingerprint density at radius 3 is 1.79 bits per heavy atom. The smallest absolute Gasteiger partial charge is 0.0217 e. The van der Waals surface area contributed by atoms with Crippen molar-refractivity contribution in [1.29, 1.82) is 0 Å². The third kappa shape index (κ3) is 7.34. The van der Waals surface area contributed by atoms with E-state index in [-0.39, 0.29) is 5.54 Å². The first kappa shape index (κ1) is 13.9. The predicted octanol–water partition coefficient (Wildman–Crippen LogP) is 2.40. The van der Waals surface area contributed by atoms with Crippen LogP contribution in [0.1, 0.15) is 48.5 Å². The van der Waals surface area contributed by atoms with Crippen LogP contribution >= 0.6 is 0 Å². The van der Waals surface area contributed by atoms with Gasteiger partial charge >= 0.3 is 0 Å². The summed E-state index contributed by atoms with van der Waals surface area (Å²) in [6.45, 7) is 16.6. The van der Waals surface area contributed by atoms with Crippen molar-refractivity contribution in [1.82, 2.24) is 10.6 Å². The van der Waals surface area contributed by atoms with Crippen LogP contribution in [-0.4, -0.2) is 24.2 Å². The lowest BCUT2D eigenvalue weighted by molar-refractivity contribution is 0.315. The van der Waals surface area contributed by atoms with Gasteiger partial charge in [0, 0.05) is 24.2 Å². The van der Waals surface area contributed by atoms with Crippen molar-refractivity contribution >= 4 is 0 Å². The molecule has 0 aliphatic rings. The van der Waals surface area contributed by atoms with Gasteiger partial charge in [0.05, 0.1) is 0 Å². The fourth-order valence-electron chi connectivity index (χ4n) is 1.33. The van der Waals surface area contributed by atoms with Gasteiger partial charge in [-0.15, -0.1) is 0 Å². The molecule has 2 N–H and O–H groups in total. The summed E-state index contributed by atoms with van der Waals surface area (Å²) in [6, 6.07) is 1.12. The molecule has 0 aliphatic carbocycles. The summed E-state index contributed by atoms with van der Waals surface area (Å²) in [4.78, 5) is 0. The van der Waals surface area contributed by atoms with Crippen molar-refractivity contribution in [2.24, 2.45) is 5.92 Å². The van der Waals surface area contributed by atoms with Gasteiger partial charge in [0.1, 0.15) is 0 Å². The maximum Gasteiger partial charge on any atom is 0.0217 e. The average molecular weight is 200 g/mol. The van der Waals surface area contributed by atoms with E-state index in [1.807, 2.05) is 0 Å². The summed E-state index contributed by atoms with van der Waals surface area (Å²) < 4.78 is 0. The molecular weight excluding hydrogens is 172 g/mol. The molecule has 0 aromatic heterocycles. The molecule has 0 rings (SSSR count). The molecule has 0 aromatic carbocycles. The molecule has 14 heavy (non-hydrogen) atoms. The van der Waals surface area contributed by atoms with E-state index in [4.69, 9.17) is 0 Å². The standard InChI is InChI=1S/C12H28N2/c1-9(2)11(14-10(3)4)8-13-12(5,6)7/h9-11,13-14H,8H2,1-7H3. The molecular formula is C12H28N2. The Balaban J connectivity index is 3.98. The van der Waals surface area contributed by atoms with Gasteiger partial charge in [0.2, 0.25) is 0 Å². The Labute approximate surface area is 89.9 Å². The summed E-state index contributed by atoms with van der Waals surface area (Å²) >= 11 is 0. The van der Waals surface area contributed by atoms with E-state index < -0.39 is 0 Å². The Hall–Kier alpha value is -0.0800. The van der Waals surface area contributed by atoms with E-state index in [0.29, 0.717) is 18.0 Å². The van der Waals surface area contributed by atoms with Crippen molar-refractivity contribution < 1.29 is 0 Å². The molecule has 1 unspecified atom stereocenters. The fraction of sp³-hybridized carbons (Fsp3) is 1.00. The zero-order valence-electron chi connectivity index (χ0n) is 10.9. The minimum Gasteiger partial charge on any atom is -0.311 e. The van der Waals surface area contributed by atoms with Crippen LogP contribution in [0.5, 0.6) is 0 Å². The first-order chi connectivity index (χ1) is 6.22. The number of hydrogen-bond acceptors (Lipinski definition) is 2. The van der Waals surface area contributed by atoms with Gasteiger partial charge in [-0.25, -0.2) is 0 Å². The SMILES string of the molecule is CC(C)NC(CNC(C)(C)C)C(C)C. The molecule has 1 atom stereocenters. The van der Waals surface area contributed by atoms with Crippen LogP contribution in [0.15, 0.2) is 0 Å². The number of rotatable bonds is 5. The molecule has 0 spiro atoms. The van der Waals surface area contributed by atoms with Gasteiger partial charge in [-0.2, -0.15) is 0 Å². The Morgan fingerprint density at radius 2 is 1.50 bits per heavy atom. The third-order valence-corrected chi connectivity index (χ3v) is 2.20.